The van der Waals surface area contributed by atoms with Crippen LogP contribution in [0, 0.1) is 12.8 Å². The fourth-order valence-corrected chi connectivity index (χ4v) is 4.68. The molecule has 9 nitrogen and oxygen atoms in total. The number of pyridine rings is 1. The summed E-state index contributed by atoms with van der Waals surface area (Å²) in [5.41, 5.74) is 1.34. The molecule has 4 heterocycles. The van der Waals surface area contributed by atoms with Gasteiger partial charge in [0, 0.05) is 26.4 Å². The Bertz CT molecular complexity index is 1090. The number of methoxy groups -OCH3 is 1. The Morgan fingerprint density at radius 2 is 2.16 bits per heavy atom. The third kappa shape index (κ3) is 3.92. The third-order valence-electron chi connectivity index (χ3n) is 6.50. The molecule has 3 aromatic rings. The van der Waals surface area contributed by atoms with Crippen LogP contribution < -0.4 is 0 Å². The number of aryl methyl sites for hydroxylation is 1. The molecule has 0 radical (unpaired) electrons. The minimum Gasteiger partial charge on any atom is -0.380 e. The van der Waals surface area contributed by atoms with E-state index in [0.29, 0.717) is 53.4 Å². The lowest BCUT2D eigenvalue weighted by Crippen LogP contribution is -2.49. The predicted molar refractivity (Wildman–Crippen MR) is 114 cm³/mol. The van der Waals surface area contributed by atoms with Crippen LogP contribution in [0.3, 0.4) is 0 Å². The minimum absolute atomic E-state index is 0.137. The Morgan fingerprint density at radius 1 is 1.28 bits per heavy atom. The van der Waals surface area contributed by atoms with Crippen molar-refractivity contribution >= 4 is 5.91 Å². The van der Waals surface area contributed by atoms with Crippen LogP contribution in [0.1, 0.15) is 59.7 Å². The van der Waals surface area contributed by atoms with Crippen LogP contribution in [0.15, 0.2) is 33.4 Å². The lowest BCUT2D eigenvalue weighted by molar-refractivity contribution is 0.0593. The van der Waals surface area contributed by atoms with Gasteiger partial charge in [0.1, 0.15) is 11.5 Å². The van der Waals surface area contributed by atoms with E-state index >= 15 is 0 Å². The lowest BCUT2D eigenvalue weighted by atomic mass is 9.74. The van der Waals surface area contributed by atoms with Crippen LogP contribution >= 0.6 is 0 Å². The lowest BCUT2D eigenvalue weighted by Gasteiger charge is -2.41. The van der Waals surface area contributed by atoms with Crippen LogP contribution in [0.25, 0.3) is 11.6 Å². The molecule has 1 aliphatic carbocycles. The largest absolute Gasteiger partial charge is 0.380 e. The number of hydrogen-bond donors (Lipinski definition) is 0. The number of rotatable bonds is 7. The van der Waals surface area contributed by atoms with Gasteiger partial charge in [0.15, 0.2) is 11.5 Å². The van der Waals surface area contributed by atoms with Crippen molar-refractivity contribution in [2.45, 2.75) is 51.0 Å². The standard InChI is InChI=1S/C23H27N5O4/c1-15-17(13-30-2)19(26-31-15)21(29)28-11-5-9-23(14-28,12-16-7-8-16)22-25-20(32-27-22)18-6-3-4-10-24-18/h3-4,6,10,16H,5,7-9,11-14H2,1-2H3. The van der Waals surface area contributed by atoms with Crippen LogP contribution in [0.2, 0.25) is 0 Å². The molecule has 168 valence electrons. The van der Waals surface area contributed by atoms with E-state index in [1.54, 1.807) is 20.2 Å². The molecule has 2 aliphatic rings. The normalized spacial score (nSPS) is 21.1. The van der Waals surface area contributed by atoms with Gasteiger partial charge >= 0.3 is 0 Å². The monoisotopic (exact) mass is 437 g/mol. The van der Waals surface area contributed by atoms with Crippen molar-refractivity contribution in [2.24, 2.45) is 5.92 Å². The van der Waals surface area contributed by atoms with Gasteiger partial charge < -0.3 is 18.7 Å². The van der Waals surface area contributed by atoms with Gasteiger partial charge in [-0.1, -0.05) is 29.2 Å². The van der Waals surface area contributed by atoms with Gasteiger partial charge in [0.05, 0.1) is 17.6 Å². The zero-order chi connectivity index (χ0) is 22.1. The molecule has 3 aromatic heterocycles. The predicted octanol–water partition coefficient (Wildman–Crippen LogP) is 3.55. The van der Waals surface area contributed by atoms with Crippen molar-refractivity contribution in [3.63, 3.8) is 0 Å². The van der Waals surface area contributed by atoms with E-state index in [4.69, 9.17) is 18.8 Å². The van der Waals surface area contributed by atoms with Gasteiger partial charge in [-0.05, 0) is 44.2 Å². The number of likely N-dealkylation sites (tertiary alicyclic amines) is 1. The zero-order valence-electron chi connectivity index (χ0n) is 18.4. The topological polar surface area (TPSA) is 107 Å². The Morgan fingerprint density at radius 3 is 2.91 bits per heavy atom. The van der Waals surface area contributed by atoms with Crippen molar-refractivity contribution in [1.29, 1.82) is 0 Å². The van der Waals surface area contributed by atoms with Crippen molar-refractivity contribution in [3.05, 3.63) is 47.2 Å². The van der Waals surface area contributed by atoms with E-state index in [1.165, 1.54) is 12.8 Å². The van der Waals surface area contributed by atoms with E-state index in [9.17, 15) is 4.79 Å². The number of aromatic nitrogens is 4. The highest BCUT2D eigenvalue weighted by molar-refractivity contribution is 5.94. The van der Waals surface area contributed by atoms with E-state index in [-0.39, 0.29) is 17.9 Å². The highest BCUT2D eigenvalue weighted by Gasteiger charge is 2.46. The van der Waals surface area contributed by atoms with Gasteiger partial charge in [0.25, 0.3) is 11.8 Å². The summed E-state index contributed by atoms with van der Waals surface area (Å²) in [5, 5.41) is 8.41. The minimum atomic E-state index is -0.341. The first-order valence-corrected chi connectivity index (χ1v) is 11.1. The van der Waals surface area contributed by atoms with Gasteiger partial charge in [-0.3, -0.25) is 9.78 Å². The molecule has 0 spiro atoms. The Kier molecular flexibility index (Phi) is 5.50. The Hall–Kier alpha value is -3.07. The van der Waals surface area contributed by atoms with Crippen molar-refractivity contribution < 1.29 is 18.6 Å². The van der Waals surface area contributed by atoms with E-state index in [0.717, 1.165) is 19.3 Å². The molecule has 1 amide bonds. The highest BCUT2D eigenvalue weighted by Crippen LogP contribution is 2.46. The van der Waals surface area contributed by atoms with E-state index in [1.807, 2.05) is 23.1 Å². The molecule has 0 aromatic carbocycles. The molecule has 32 heavy (non-hydrogen) atoms. The number of ether oxygens (including phenoxy) is 1. The summed E-state index contributed by atoms with van der Waals surface area (Å²) in [6, 6.07) is 5.60. The second kappa shape index (κ2) is 8.46. The molecule has 1 saturated carbocycles. The summed E-state index contributed by atoms with van der Waals surface area (Å²) < 4.78 is 16.1. The second-order valence-electron chi connectivity index (χ2n) is 8.90. The number of hydrogen-bond acceptors (Lipinski definition) is 8. The molecule has 0 N–H and O–H groups in total. The van der Waals surface area contributed by atoms with Crippen molar-refractivity contribution in [3.8, 4) is 11.6 Å². The number of nitrogens with zero attached hydrogens (tertiary/aromatic N) is 5. The third-order valence-corrected chi connectivity index (χ3v) is 6.50. The summed E-state index contributed by atoms with van der Waals surface area (Å²) >= 11 is 0. The number of carbonyl (C=O) groups excluding carboxylic acids is 1. The summed E-state index contributed by atoms with van der Waals surface area (Å²) in [5.74, 6) is 2.18. The molecule has 9 heteroatoms. The van der Waals surface area contributed by atoms with Crippen molar-refractivity contribution in [1.82, 2.24) is 25.2 Å². The number of amides is 1. The molecule has 1 atom stereocenters. The molecule has 1 aliphatic heterocycles. The average Bonchev–Trinajstić information content (AvgIpc) is 3.34. The maximum Gasteiger partial charge on any atom is 0.276 e. The fraction of sp³-hybridized carbons (Fsp3) is 0.522. The highest BCUT2D eigenvalue weighted by atomic mass is 16.5. The maximum absolute atomic E-state index is 13.4. The van der Waals surface area contributed by atoms with E-state index < -0.39 is 0 Å². The molecule has 1 saturated heterocycles. The quantitative estimate of drug-likeness (QED) is 0.552. The van der Waals surface area contributed by atoms with Gasteiger partial charge in [-0.2, -0.15) is 4.98 Å². The zero-order valence-corrected chi connectivity index (χ0v) is 18.4. The smallest absolute Gasteiger partial charge is 0.276 e. The van der Waals surface area contributed by atoms with Crippen LogP contribution in [-0.4, -0.2) is 51.3 Å². The van der Waals surface area contributed by atoms with Crippen LogP contribution in [-0.2, 0) is 16.8 Å². The van der Waals surface area contributed by atoms with Gasteiger partial charge in [-0.25, -0.2) is 0 Å². The summed E-state index contributed by atoms with van der Waals surface area (Å²) in [7, 11) is 1.59. The summed E-state index contributed by atoms with van der Waals surface area (Å²) in [6.07, 6.45) is 6.85. The summed E-state index contributed by atoms with van der Waals surface area (Å²) in [4.78, 5) is 24.4. The maximum atomic E-state index is 13.4. The average molecular weight is 438 g/mol. The molecular formula is C23H27N5O4. The van der Waals surface area contributed by atoms with Gasteiger partial charge in [0.2, 0.25) is 0 Å². The number of piperidine rings is 1. The first-order chi connectivity index (χ1) is 15.6. The van der Waals surface area contributed by atoms with E-state index in [2.05, 4.69) is 15.3 Å². The van der Waals surface area contributed by atoms with Gasteiger partial charge in [-0.15, -0.1) is 0 Å². The summed E-state index contributed by atoms with van der Waals surface area (Å²) in [6.45, 7) is 3.27. The van der Waals surface area contributed by atoms with Crippen molar-refractivity contribution in [2.75, 3.05) is 20.2 Å². The molecule has 5 rings (SSSR count). The first-order valence-electron chi connectivity index (χ1n) is 11.1. The Labute approximate surface area is 186 Å². The molecule has 1 unspecified atom stereocenters. The second-order valence-corrected chi connectivity index (χ2v) is 8.90. The fourth-order valence-electron chi connectivity index (χ4n) is 4.68. The molecular weight excluding hydrogens is 410 g/mol. The Balaban J connectivity index is 1.44. The van der Waals surface area contributed by atoms with Crippen LogP contribution in [0.4, 0.5) is 0 Å². The van der Waals surface area contributed by atoms with Crippen LogP contribution in [0.5, 0.6) is 0 Å². The molecule has 2 fully saturated rings. The first kappa shape index (κ1) is 20.8. The SMILES string of the molecule is COCc1c(C(=O)N2CCCC(CC3CC3)(c3noc(-c4ccccn4)n3)C2)noc1C. The molecule has 0 bridgehead atoms. The number of carbonyl (C=O) groups is 1.